The lowest BCUT2D eigenvalue weighted by molar-refractivity contribution is -0.384. The van der Waals surface area contributed by atoms with Gasteiger partial charge in [0.2, 0.25) is 0 Å². The van der Waals surface area contributed by atoms with Crippen molar-refractivity contribution in [3.05, 3.63) is 32.8 Å². The van der Waals surface area contributed by atoms with Gasteiger partial charge < -0.3 is 19.5 Å². The van der Waals surface area contributed by atoms with Crippen LogP contribution in [0.15, 0.2) is 12.1 Å². The van der Waals surface area contributed by atoms with Crippen LogP contribution in [0.1, 0.15) is 44.0 Å². The molecule has 0 aromatic heterocycles. The Kier molecular flexibility index (Phi) is 6.15. The molecular weight excluding hydrogens is 380 g/mol. The van der Waals surface area contributed by atoms with Crippen molar-refractivity contribution in [3.8, 4) is 5.75 Å². The Bertz CT molecular complexity index is 752. The number of amides is 1. The summed E-state index contributed by atoms with van der Waals surface area (Å²) in [7, 11) is 0. The quantitative estimate of drug-likeness (QED) is 0.604. The number of hydrogen-bond donors (Lipinski definition) is 1. The minimum Gasteiger partial charge on any atom is -0.488 e. The average molecular weight is 401 g/mol. The number of benzene rings is 1. The van der Waals surface area contributed by atoms with Crippen LogP contribution in [0.25, 0.3) is 0 Å². The highest BCUT2D eigenvalue weighted by Crippen LogP contribution is 2.35. The molecule has 27 heavy (non-hydrogen) atoms. The SMILES string of the molecule is CC(C)(C)OC(=O)N1CCC(Oc2c(Cl)cc([N+](=O)[O-])cc2C(=O)O)CC1. The van der Waals surface area contributed by atoms with Gasteiger partial charge in [-0.25, -0.2) is 9.59 Å². The summed E-state index contributed by atoms with van der Waals surface area (Å²) < 4.78 is 11.0. The van der Waals surface area contributed by atoms with Gasteiger partial charge in [-0.05, 0) is 20.8 Å². The van der Waals surface area contributed by atoms with Crippen molar-refractivity contribution in [2.45, 2.75) is 45.3 Å². The van der Waals surface area contributed by atoms with Gasteiger partial charge in [0, 0.05) is 38.1 Å². The summed E-state index contributed by atoms with van der Waals surface area (Å²) in [6.07, 6.45) is 0.110. The maximum atomic E-state index is 12.1. The second-order valence-electron chi connectivity index (χ2n) is 7.15. The summed E-state index contributed by atoms with van der Waals surface area (Å²) in [6.45, 7) is 6.11. The predicted octanol–water partition coefficient (Wildman–Crippen LogP) is 3.72. The number of ether oxygens (including phenoxy) is 2. The maximum Gasteiger partial charge on any atom is 0.410 e. The zero-order valence-electron chi connectivity index (χ0n) is 15.2. The first kappa shape index (κ1) is 20.8. The molecule has 1 aromatic carbocycles. The topological polar surface area (TPSA) is 119 Å². The van der Waals surface area contributed by atoms with E-state index < -0.39 is 28.3 Å². The number of carbonyl (C=O) groups is 2. The van der Waals surface area contributed by atoms with Gasteiger partial charge in [-0.2, -0.15) is 0 Å². The molecule has 1 fully saturated rings. The van der Waals surface area contributed by atoms with Crippen molar-refractivity contribution in [2.75, 3.05) is 13.1 Å². The second kappa shape index (κ2) is 7.99. The number of hydrogen-bond acceptors (Lipinski definition) is 6. The Hall–Kier alpha value is -2.55. The van der Waals surface area contributed by atoms with Gasteiger partial charge in [-0.15, -0.1) is 0 Å². The highest BCUT2D eigenvalue weighted by molar-refractivity contribution is 6.32. The second-order valence-corrected chi connectivity index (χ2v) is 7.56. The smallest absolute Gasteiger partial charge is 0.410 e. The van der Waals surface area contributed by atoms with Gasteiger partial charge in [0.25, 0.3) is 5.69 Å². The highest BCUT2D eigenvalue weighted by Gasteiger charge is 2.29. The van der Waals surface area contributed by atoms with Gasteiger partial charge >= 0.3 is 12.1 Å². The monoisotopic (exact) mass is 400 g/mol. The molecule has 1 aliphatic rings. The molecule has 0 radical (unpaired) electrons. The zero-order chi connectivity index (χ0) is 20.4. The van der Waals surface area contributed by atoms with Crippen LogP contribution < -0.4 is 4.74 Å². The number of carboxylic acids is 1. The summed E-state index contributed by atoms with van der Waals surface area (Å²) in [6, 6.07) is 1.97. The van der Waals surface area contributed by atoms with Crippen molar-refractivity contribution >= 4 is 29.4 Å². The van der Waals surface area contributed by atoms with E-state index in [0.717, 1.165) is 12.1 Å². The largest absolute Gasteiger partial charge is 0.488 e. The number of halogens is 1. The van der Waals surface area contributed by atoms with Gasteiger partial charge in [-0.3, -0.25) is 10.1 Å². The van der Waals surface area contributed by atoms with E-state index in [9.17, 15) is 24.8 Å². The molecule has 0 aliphatic carbocycles. The molecular formula is C17H21ClN2O7. The summed E-state index contributed by atoms with van der Waals surface area (Å²) in [5, 5.41) is 20.1. The van der Waals surface area contributed by atoms with E-state index in [4.69, 9.17) is 21.1 Å². The van der Waals surface area contributed by atoms with E-state index in [0.29, 0.717) is 25.9 Å². The third-order valence-electron chi connectivity index (χ3n) is 3.85. The van der Waals surface area contributed by atoms with Gasteiger partial charge in [0.1, 0.15) is 17.3 Å². The number of nitro groups is 1. The van der Waals surface area contributed by atoms with Crippen LogP contribution in [0.2, 0.25) is 5.02 Å². The summed E-state index contributed by atoms with van der Waals surface area (Å²) >= 11 is 6.02. The number of likely N-dealkylation sites (tertiary alicyclic amines) is 1. The molecule has 1 heterocycles. The van der Waals surface area contributed by atoms with Crippen molar-refractivity contribution in [1.29, 1.82) is 0 Å². The first-order chi connectivity index (χ1) is 12.5. The maximum absolute atomic E-state index is 12.1. The van der Waals surface area contributed by atoms with Gasteiger partial charge in [0.15, 0.2) is 5.75 Å². The summed E-state index contributed by atoms with van der Waals surface area (Å²) in [5.74, 6) is -1.48. The number of nitrogens with zero attached hydrogens (tertiary/aromatic N) is 2. The molecule has 1 aliphatic heterocycles. The van der Waals surface area contributed by atoms with Crippen LogP contribution >= 0.6 is 11.6 Å². The number of non-ortho nitro benzene ring substituents is 1. The fourth-order valence-corrected chi connectivity index (χ4v) is 2.87. The molecule has 0 bridgehead atoms. The molecule has 148 valence electrons. The Labute approximate surface area is 161 Å². The Balaban J connectivity index is 2.08. The number of rotatable bonds is 4. The van der Waals surface area contributed by atoms with E-state index in [2.05, 4.69) is 0 Å². The third-order valence-corrected chi connectivity index (χ3v) is 4.13. The summed E-state index contributed by atoms with van der Waals surface area (Å²) in [5.41, 5.74) is -1.39. The minimum atomic E-state index is -1.37. The average Bonchev–Trinajstić information content (AvgIpc) is 2.55. The van der Waals surface area contributed by atoms with Crippen LogP contribution in [0.4, 0.5) is 10.5 Å². The van der Waals surface area contributed by atoms with E-state index in [1.165, 1.54) is 0 Å². The molecule has 1 amide bonds. The third kappa shape index (κ3) is 5.46. The normalized spacial score (nSPS) is 15.3. The molecule has 0 unspecified atom stereocenters. The zero-order valence-corrected chi connectivity index (χ0v) is 16.0. The Morgan fingerprint density at radius 2 is 1.89 bits per heavy atom. The van der Waals surface area contributed by atoms with Crippen LogP contribution in [0.5, 0.6) is 5.75 Å². The van der Waals surface area contributed by atoms with Crippen molar-refractivity contribution in [1.82, 2.24) is 4.90 Å². The lowest BCUT2D eigenvalue weighted by Crippen LogP contribution is -2.44. The molecule has 0 spiro atoms. The predicted molar refractivity (Wildman–Crippen MR) is 96.5 cm³/mol. The van der Waals surface area contributed by atoms with Crippen molar-refractivity contribution < 1.29 is 29.1 Å². The lowest BCUT2D eigenvalue weighted by Gasteiger charge is -2.33. The number of carboxylic acid groups (broad SMARTS) is 1. The van der Waals surface area contributed by atoms with Crippen LogP contribution in [-0.4, -0.2) is 51.8 Å². The molecule has 10 heteroatoms. The van der Waals surface area contributed by atoms with Crippen molar-refractivity contribution in [2.24, 2.45) is 0 Å². The number of piperidine rings is 1. The van der Waals surface area contributed by atoms with Crippen LogP contribution in [0, 0.1) is 10.1 Å². The molecule has 0 atom stereocenters. The van der Waals surface area contributed by atoms with E-state index in [1.54, 1.807) is 25.7 Å². The minimum absolute atomic E-state index is 0.106. The molecule has 1 saturated heterocycles. The van der Waals surface area contributed by atoms with E-state index >= 15 is 0 Å². The molecule has 0 saturated carbocycles. The number of nitro benzene ring substituents is 1. The standard InChI is InChI=1S/C17H21ClN2O7/c1-17(2,3)27-16(23)19-6-4-11(5-7-19)26-14-12(15(21)22)8-10(20(24)25)9-13(14)18/h8-9,11H,4-7H2,1-3H3,(H,21,22). The van der Waals surface area contributed by atoms with E-state index in [-0.39, 0.29) is 22.4 Å². The fourth-order valence-electron chi connectivity index (χ4n) is 2.61. The van der Waals surface area contributed by atoms with Crippen LogP contribution in [-0.2, 0) is 4.74 Å². The first-order valence-corrected chi connectivity index (χ1v) is 8.71. The molecule has 1 N–H and O–H groups in total. The van der Waals surface area contributed by atoms with Gasteiger partial charge in [-0.1, -0.05) is 11.6 Å². The van der Waals surface area contributed by atoms with E-state index in [1.807, 2.05) is 0 Å². The number of aromatic carboxylic acids is 1. The number of carbonyl (C=O) groups excluding carboxylic acids is 1. The Morgan fingerprint density at radius 1 is 1.30 bits per heavy atom. The Morgan fingerprint density at radius 3 is 2.37 bits per heavy atom. The van der Waals surface area contributed by atoms with Crippen molar-refractivity contribution in [3.63, 3.8) is 0 Å². The lowest BCUT2D eigenvalue weighted by atomic mass is 10.1. The first-order valence-electron chi connectivity index (χ1n) is 8.33. The highest BCUT2D eigenvalue weighted by atomic mass is 35.5. The van der Waals surface area contributed by atoms with Gasteiger partial charge in [0.05, 0.1) is 9.95 Å². The summed E-state index contributed by atoms with van der Waals surface area (Å²) in [4.78, 5) is 35.2. The molecule has 9 nitrogen and oxygen atoms in total. The fraction of sp³-hybridized carbons (Fsp3) is 0.529. The molecule has 2 rings (SSSR count). The molecule has 1 aromatic rings. The van der Waals surface area contributed by atoms with Crippen LogP contribution in [0.3, 0.4) is 0 Å².